The van der Waals surface area contributed by atoms with Gasteiger partial charge in [0.2, 0.25) is 0 Å². The van der Waals surface area contributed by atoms with Gasteiger partial charge in [0, 0.05) is 27.6 Å². The number of benzene rings is 5. The average molecular weight is 554 g/mol. The van der Waals surface area contributed by atoms with Gasteiger partial charge in [-0.2, -0.15) is 0 Å². The molecule has 1 heteroatoms. The fraction of sp³-hybridized carbons (Fsp3) is 0.143. The van der Waals surface area contributed by atoms with Gasteiger partial charge in [0.25, 0.3) is 0 Å². The summed E-state index contributed by atoms with van der Waals surface area (Å²) in [6.07, 6.45) is 12.6. The lowest BCUT2D eigenvalue weighted by atomic mass is 9.76. The van der Waals surface area contributed by atoms with Gasteiger partial charge < -0.3 is 4.57 Å². The summed E-state index contributed by atoms with van der Waals surface area (Å²) in [7, 11) is 0. The second-order valence-electron chi connectivity index (χ2n) is 12.4. The second-order valence-corrected chi connectivity index (χ2v) is 12.4. The molecule has 0 spiro atoms. The van der Waals surface area contributed by atoms with Crippen molar-refractivity contribution in [3.63, 3.8) is 0 Å². The highest BCUT2D eigenvalue weighted by Crippen LogP contribution is 2.39. The molecule has 0 saturated carbocycles. The number of aryl methyl sites for hydroxylation is 1. The van der Waals surface area contributed by atoms with Crippen molar-refractivity contribution in [3.05, 3.63) is 161 Å². The number of fused-ring (bicyclic) bond motifs is 4. The minimum Gasteiger partial charge on any atom is -0.309 e. The van der Waals surface area contributed by atoms with Gasteiger partial charge in [-0.15, -0.1) is 0 Å². The molecule has 1 heterocycles. The first-order valence-corrected chi connectivity index (χ1v) is 15.4. The third-order valence-corrected chi connectivity index (χ3v) is 9.82. The van der Waals surface area contributed by atoms with Gasteiger partial charge in [0.15, 0.2) is 0 Å². The smallest absolute Gasteiger partial charge is 0.0540 e. The summed E-state index contributed by atoms with van der Waals surface area (Å²) in [5, 5.41) is 6.54. The predicted molar refractivity (Wildman–Crippen MR) is 183 cm³/mol. The van der Waals surface area contributed by atoms with Crippen LogP contribution in [0.2, 0.25) is 0 Å². The van der Waals surface area contributed by atoms with Crippen LogP contribution in [0.25, 0.3) is 50.1 Å². The van der Waals surface area contributed by atoms with E-state index in [4.69, 9.17) is 0 Å². The lowest BCUT2D eigenvalue weighted by Crippen LogP contribution is -2.28. The van der Waals surface area contributed by atoms with Gasteiger partial charge in [-0.25, -0.2) is 0 Å². The molecule has 0 fully saturated rings. The summed E-state index contributed by atoms with van der Waals surface area (Å²) in [6, 6.07) is 40.5. The van der Waals surface area contributed by atoms with Gasteiger partial charge in [-0.05, 0) is 84.0 Å². The summed E-state index contributed by atoms with van der Waals surface area (Å²) in [5.74, 6) is 0.436. The second kappa shape index (κ2) is 9.85. The molecule has 1 aromatic heterocycles. The first kappa shape index (κ1) is 25.8. The van der Waals surface area contributed by atoms with E-state index in [-0.39, 0.29) is 5.41 Å². The van der Waals surface area contributed by atoms with E-state index in [1.165, 1.54) is 71.3 Å². The summed E-state index contributed by atoms with van der Waals surface area (Å²) >= 11 is 0. The maximum atomic E-state index is 2.52. The van der Waals surface area contributed by atoms with E-state index in [2.05, 4.69) is 165 Å². The monoisotopic (exact) mass is 553 g/mol. The van der Waals surface area contributed by atoms with Gasteiger partial charge in [0.05, 0.1) is 10.9 Å². The Balaban J connectivity index is 1.29. The van der Waals surface area contributed by atoms with Crippen LogP contribution in [-0.2, 0) is 5.41 Å². The van der Waals surface area contributed by atoms with Crippen LogP contribution in [0.15, 0.2) is 133 Å². The zero-order valence-electron chi connectivity index (χ0n) is 25.0. The molecule has 8 rings (SSSR count). The van der Waals surface area contributed by atoms with Crippen molar-refractivity contribution >= 4 is 33.3 Å². The maximum absolute atomic E-state index is 2.52. The van der Waals surface area contributed by atoms with Crippen molar-refractivity contribution in [2.24, 2.45) is 0 Å². The quantitative estimate of drug-likeness (QED) is 0.205. The summed E-state index contributed by atoms with van der Waals surface area (Å²) in [5.41, 5.74) is 10.3. The molecule has 1 nitrogen and oxygen atoms in total. The third kappa shape index (κ3) is 4.07. The number of allylic oxidation sites excluding steroid dienone is 4. The van der Waals surface area contributed by atoms with Crippen LogP contribution < -0.4 is 10.6 Å². The fourth-order valence-electron chi connectivity index (χ4n) is 7.41. The lowest BCUT2D eigenvalue weighted by Gasteiger charge is -2.28. The number of nitrogens with zero attached hydrogens (tertiary/aromatic N) is 1. The van der Waals surface area contributed by atoms with Crippen molar-refractivity contribution in [3.8, 4) is 16.8 Å². The lowest BCUT2D eigenvalue weighted by molar-refractivity contribution is 0.801. The van der Waals surface area contributed by atoms with Crippen molar-refractivity contribution < 1.29 is 0 Å². The number of para-hydroxylation sites is 1. The van der Waals surface area contributed by atoms with Crippen LogP contribution in [0.1, 0.15) is 42.9 Å². The molecule has 0 aliphatic heterocycles. The first-order valence-electron chi connectivity index (χ1n) is 15.4. The molecule has 2 aliphatic rings. The number of rotatable bonds is 4. The number of aromatic nitrogens is 1. The SMILES string of the molecule is CC1=c2c(c3ccccc3n2-c2ccc(-c3cccc4ccccc34)cc2)=CC1(C)c1cc(C)cc(C2C=CC=CC2)c1. The zero-order valence-corrected chi connectivity index (χ0v) is 25.0. The predicted octanol–water partition coefficient (Wildman–Crippen LogP) is 9.28. The standard InChI is InChI=1S/C42H35N/c1-28-24-33(30-12-5-4-6-13-30)26-34(25-28)42(3)27-39-38-17-9-10-19-40(38)43(41(39)29(42)2)35-22-20-32(21-23-35)37-18-11-15-31-14-7-8-16-36(31)37/h4-12,14-27,30H,13H2,1-3H3. The molecule has 0 amide bonds. The molecular weight excluding hydrogens is 518 g/mol. The minimum absolute atomic E-state index is 0.186. The Kier molecular flexibility index (Phi) is 5.91. The highest BCUT2D eigenvalue weighted by atomic mass is 15.0. The molecule has 2 unspecified atom stereocenters. The number of hydrogen-bond donors (Lipinski definition) is 0. The summed E-state index contributed by atoms with van der Waals surface area (Å²) < 4.78 is 2.49. The van der Waals surface area contributed by atoms with Crippen LogP contribution in [-0.4, -0.2) is 4.57 Å². The molecule has 43 heavy (non-hydrogen) atoms. The molecule has 0 N–H and O–H groups in total. The highest BCUT2D eigenvalue weighted by molar-refractivity contribution is 5.97. The molecule has 208 valence electrons. The first-order chi connectivity index (χ1) is 21.0. The van der Waals surface area contributed by atoms with Crippen LogP contribution in [0, 0.1) is 6.92 Å². The highest BCUT2D eigenvalue weighted by Gasteiger charge is 2.34. The van der Waals surface area contributed by atoms with E-state index in [1.807, 2.05) is 0 Å². The topological polar surface area (TPSA) is 4.93 Å². The largest absolute Gasteiger partial charge is 0.309 e. The van der Waals surface area contributed by atoms with E-state index < -0.39 is 0 Å². The Morgan fingerprint density at radius 3 is 2.33 bits per heavy atom. The molecule has 0 saturated heterocycles. The Morgan fingerprint density at radius 2 is 1.51 bits per heavy atom. The van der Waals surface area contributed by atoms with E-state index in [0.29, 0.717) is 5.92 Å². The Hall–Kier alpha value is -4.88. The molecule has 2 atom stereocenters. The van der Waals surface area contributed by atoms with Crippen molar-refractivity contribution in [1.29, 1.82) is 0 Å². The van der Waals surface area contributed by atoms with E-state index in [1.54, 1.807) is 0 Å². The van der Waals surface area contributed by atoms with Crippen LogP contribution in [0.3, 0.4) is 0 Å². The van der Waals surface area contributed by atoms with Gasteiger partial charge in [-0.3, -0.25) is 0 Å². The number of hydrogen-bond acceptors (Lipinski definition) is 0. The van der Waals surface area contributed by atoms with Crippen molar-refractivity contribution in [2.45, 2.75) is 38.5 Å². The van der Waals surface area contributed by atoms with Crippen LogP contribution >= 0.6 is 0 Å². The van der Waals surface area contributed by atoms with Gasteiger partial charge in [0.1, 0.15) is 0 Å². The Morgan fingerprint density at radius 1 is 0.744 bits per heavy atom. The average Bonchev–Trinajstić information content (AvgIpc) is 3.51. The van der Waals surface area contributed by atoms with Crippen LogP contribution in [0.4, 0.5) is 0 Å². The molecule has 0 bridgehead atoms. The van der Waals surface area contributed by atoms with Gasteiger partial charge >= 0.3 is 0 Å². The maximum Gasteiger partial charge on any atom is 0.0540 e. The fourth-order valence-corrected chi connectivity index (χ4v) is 7.41. The zero-order chi connectivity index (χ0) is 29.1. The normalized spacial score (nSPS) is 19.2. The molecule has 2 aliphatic carbocycles. The molecule has 0 radical (unpaired) electrons. The van der Waals surface area contributed by atoms with E-state index in [9.17, 15) is 0 Å². The van der Waals surface area contributed by atoms with E-state index in [0.717, 1.165) is 6.42 Å². The van der Waals surface area contributed by atoms with Crippen LogP contribution in [0.5, 0.6) is 0 Å². The van der Waals surface area contributed by atoms with Gasteiger partial charge in [-0.1, -0.05) is 127 Å². The summed E-state index contributed by atoms with van der Waals surface area (Å²) in [4.78, 5) is 0. The Bertz CT molecular complexity index is 2230. The summed E-state index contributed by atoms with van der Waals surface area (Å²) in [6.45, 7) is 6.98. The molecule has 6 aromatic rings. The van der Waals surface area contributed by atoms with Crippen molar-refractivity contribution in [1.82, 2.24) is 4.57 Å². The van der Waals surface area contributed by atoms with E-state index >= 15 is 0 Å². The third-order valence-electron chi connectivity index (χ3n) is 9.82. The minimum atomic E-state index is -0.186. The van der Waals surface area contributed by atoms with Crippen molar-refractivity contribution in [2.75, 3.05) is 0 Å². The molecular formula is C42H35N. The molecule has 5 aromatic carbocycles. The Labute approximate surface area is 253 Å².